The molecular formula is C14H20N2O3. The highest BCUT2D eigenvalue weighted by Crippen LogP contribution is 2.18. The first-order chi connectivity index (χ1) is 9.10. The zero-order chi connectivity index (χ0) is 13.8. The fourth-order valence-corrected chi connectivity index (χ4v) is 2.27. The molecule has 5 nitrogen and oxygen atoms in total. The van der Waals surface area contributed by atoms with Gasteiger partial charge in [-0.05, 0) is 31.0 Å². The van der Waals surface area contributed by atoms with Crippen molar-refractivity contribution in [3.05, 3.63) is 29.6 Å². The Hall–Kier alpha value is -1.46. The first-order valence-electron chi connectivity index (χ1n) is 6.55. The van der Waals surface area contributed by atoms with E-state index in [4.69, 9.17) is 0 Å². The second kappa shape index (κ2) is 6.12. The molecule has 0 amide bonds. The number of aliphatic hydroxyl groups is 1. The van der Waals surface area contributed by atoms with Gasteiger partial charge in [0.2, 0.25) is 0 Å². The number of methoxy groups -OCH3 is 1. The van der Waals surface area contributed by atoms with Gasteiger partial charge in [-0.25, -0.2) is 9.78 Å². The average molecular weight is 264 g/mol. The number of piperidine rings is 1. The molecule has 19 heavy (non-hydrogen) atoms. The number of hydrogen-bond donors (Lipinski definition) is 1. The van der Waals surface area contributed by atoms with Gasteiger partial charge in [-0.1, -0.05) is 13.0 Å². The Balaban J connectivity index is 2.01. The van der Waals surface area contributed by atoms with Crippen LogP contribution in [0.15, 0.2) is 18.2 Å². The highest BCUT2D eigenvalue weighted by atomic mass is 16.5. The normalized spacial score (nSPS) is 24.2. The number of carbonyl (C=O) groups is 1. The molecule has 104 valence electrons. The monoisotopic (exact) mass is 264 g/mol. The maximum absolute atomic E-state index is 11.4. The molecule has 1 aliphatic heterocycles. The van der Waals surface area contributed by atoms with Crippen LogP contribution in [0.3, 0.4) is 0 Å². The van der Waals surface area contributed by atoms with Gasteiger partial charge in [-0.15, -0.1) is 0 Å². The quantitative estimate of drug-likeness (QED) is 0.827. The molecule has 0 aliphatic carbocycles. The van der Waals surface area contributed by atoms with Crippen LogP contribution in [0.2, 0.25) is 0 Å². The third-order valence-corrected chi connectivity index (χ3v) is 3.59. The Labute approximate surface area is 113 Å². The van der Waals surface area contributed by atoms with Crippen LogP contribution in [-0.4, -0.2) is 47.3 Å². The number of aliphatic hydroxyl groups excluding tert-OH is 1. The number of nitrogens with zero attached hydrogens (tertiary/aromatic N) is 2. The summed E-state index contributed by atoms with van der Waals surface area (Å²) in [5, 5.41) is 9.87. The molecule has 5 heteroatoms. The van der Waals surface area contributed by atoms with Crippen molar-refractivity contribution in [1.82, 2.24) is 9.88 Å². The fraction of sp³-hybridized carbons (Fsp3) is 0.571. The van der Waals surface area contributed by atoms with Crippen molar-refractivity contribution in [3.8, 4) is 0 Å². The van der Waals surface area contributed by atoms with E-state index in [1.165, 1.54) is 7.11 Å². The van der Waals surface area contributed by atoms with Crippen molar-refractivity contribution in [1.29, 1.82) is 0 Å². The summed E-state index contributed by atoms with van der Waals surface area (Å²) in [6, 6.07) is 5.33. The molecule has 0 saturated carbocycles. The number of β-amino-alcohol motifs (C(OH)–C–C–N with tert-alkyl or cyclic N) is 1. The SMILES string of the molecule is COC(=O)c1cccc(CN2CCC(C)C(O)C2)n1. The Bertz CT molecular complexity index is 450. The van der Waals surface area contributed by atoms with Crippen LogP contribution in [0.4, 0.5) is 0 Å². The van der Waals surface area contributed by atoms with E-state index in [1.807, 2.05) is 6.07 Å². The van der Waals surface area contributed by atoms with Crippen molar-refractivity contribution < 1.29 is 14.6 Å². The molecule has 0 bridgehead atoms. The predicted octanol–water partition coefficient (Wildman–Crippen LogP) is 1.07. The van der Waals surface area contributed by atoms with E-state index < -0.39 is 5.97 Å². The number of carbonyl (C=O) groups excluding carboxylic acids is 1. The second-order valence-electron chi connectivity index (χ2n) is 5.07. The lowest BCUT2D eigenvalue weighted by Crippen LogP contribution is -2.42. The molecule has 1 saturated heterocycles. The average Bonchev–Trinajstić information content (AvgIpc) is 2.42. The van der Waals surface area contributed by atoms with E-state index in [-0.39, 0.29) is 6.10 Å². The van der Waals surface area contributed by atoms with Crippen LogP contribution in [0.5, 0.6) is 0 Å². The summed E-state index contributed by atoms with van der Waals surface area (Å²) in [6.45, 7) is 4.32. The molecule has 2 heterocycles. The van der Waals surface area contributed by atoms with Crippen molar-refractivity contribution in [2.75, 3.05) is 20.2 Å². The largest absolute Gasteiger partial charge is 0.464 e. The first-order valence-corrected chi connectivity index (χ1v) is 6.55. The van der Waals surface area contributed by atoms with Gasteiger partial charge in [0.15, 0.2) is 0 Å². The summed E-state index contributed by atoms with van der Waals surface area (Å²) in [4.78, 5) is 17.9. The molecule has 0 aromatic carbocycles. The highest BCUT2D eigenvalue weighted by molar-refractivity contribution is 5.87. The summed E-state index contributed by atoms with van der Waals surface area (Å²) in [5.74, 6) is -0.0697. The molecule has 2 atom stereocenters. The fourth-order valence-electron chi connectivity index (χ4n) is 2.27. The van der Waals surface area contributed by atoms with Gasteiger partial charge in [0, 0.05) is 13.1 Å². The van der Waals surface area contributed by atoms with Crippen LogP contribution < -0.4 is 0 Å². The first kappa shape index (κ1) is 14.0. The number of rotatable bonds is 3. The number of aromatic nitrogens is 1. The van der Waals surface area contributed by atoms with E-state index in [1.54, 1.807) is 12.1 Å². The molecule has 1 N–H and O–H groups in total. The molecule has 0 spiro atoms. The summed E-state index contributed by atoms with van der Waals surface area (Å²) < 4.78 is 4.66. The van der Waals surface area contributed by atoms with Crippen molar-refractivity contribution >= 4 is 5.97 Å². The van der Waals surface area contributed by atoms with E-state index >= 15 is 0 Å². The van der Waals surface area contributed by atoms with Crippen LogP contribution in [0, 0.1) is 5.92 Å². The van der Waals surface area contributed by atoms with E-state index in [0.29, 0.717) is 24.7 Å². The number of likely N-dealkylation sites (tertiary alicyclic amines) is 1. The van der Waals surface area contributed by atoms with Gasteiger partial charge in [-0.3, -0.25) is 4.90 Å². The zero-order valence-electron chi connectivity index (χ0n) is 11.4. The standard InChI is InChI=1S/C14H20N2O3/c1-10-6-7-16(9-13(10)17)8-11-4-3-5-12(15-11)14(18)19-2/h3-5,10,13,17H,6-9H2,1-2H3. The minimum absolute atomic E-state index is 0.280. The minimum atomic E-state index is -0.422. The molecule has 1 aliphatic rings. The summed E-state index contributed by atoms with van der Waals surface area (Å²) >= 11 is 0. The molecule has 1 aromatic heterocycles. The van der Waals surface area contributed by atoms with Gasteiger partial charge >= 0.3 is 5.97 Å². The molecular weight excluding hydrogens is 244 g/mol. The topological polar surface area (TPSA) is 62.7 Å². The summed E-state index contributed by atoms with van der Waals surface area (Å²) in [5.41, 5.74) is 1.15. The number of ether oxygens (including phenoxy) is 1. The smallest absolute Gasteiger partial charge is 0.356 e. The zero-order valence-corrected chi connectivity index (χ0v) is 11.4. The Morgan fingerprint density at radius 1 is 1.58 bits per heavy atom. The molecule has 1 aromatic rings. The van der Waals surface area contributed by atoms with Crippen LogP contribution in [0.25, 0.3) is 0 Å². The molecule has 0 radical (unpaired) electrons. The van der Waals surface area contributed by atoms with Crippen molar-refractivity contribution in [3.63, 3.8) is 0 Å². The van der Waals surface area contributed by atoms with Crippen LogP contribution in [-0.2, 0) is 11.3 Å². The number of hydrogen-bond acceptors (Lipinski definition) is 5. The molecule has 2 unspecified atom stereocenters. The van der Waals surface area contributed by atoms with Crippen LogP contribution in [0.1, 0.15) is 29.5 Å². The van der Waals surface area contributed by atoms with Crippen molar-refractivity contribution in [2.45, 2.75) is 26.0 Å². The van der Waals surface area contributed by atoms with E-state index in [2.05, 4.69) is 21.5 Å². The Morgan fingerprint density at radius 3 is 3.05 bits per heavy atom. The third kappa shape index (κ3) is 3.52. The van der Waals surface area contributed by atoms with Crippen LogP contribution >= 0.6 is 0 Å². The van der Waals surface area contributed by atoms with Gasteiger partial charge < -0.3 is 9.84 Å². The maximum Gasteiger partial charge on any atom is 0.356 e. The van der Waals surface area contributed by atoms with E-state index in [0.717, 1.165) is 18.7 Å². The Kier molecular flexibility index (Phi) is 4.50. The van der Waals surface area contributed by atoms with Gasteiger partial charge in [0.25, 0.3) is 0 Å². The molecule has 2 rings (SSSR count). The lowest BCUT2D eigenvalue weighted by Gasteiger charge is -2.33. The lowest BCUT2D eigenvalue weighted by atomic mass is 9.96. The second-order valence-corrected chi connectivity index (χ2v) is 5.07. The van der Waals surface area contributed by atoms with Gasteiger partial charge in [-0.2, -0.15) is 0 Å². The van der Waals surface area contributed by atoms with Gasteiger partial charge in [0.05, 0.1) is 18.9 Å². The van der Waals surface area contributed by atoms with Gasteiger partial charge in [0.1, 0.15) is 5.69 Å². The highest BCUT2D eigenvalue weighted by Gasteiger charge is 2.24. The minimum Gasteiger partial charge on any atom is -0.464 e. The summed E-state index contributed by atoms with van der Waals surface area (Å²) in [6.07, 6.45) is 0.704. The number of esters is 1. The summed E-state index contributed by atoms with van der Waals surface area (Å²) in [7, 11) is 1.35. The maximum atomic E-state index is 11.4. The Morgan fingerprint density at radius 2 is 2.37 bits per heavy atom. The molecule has 1 fully saturated rings. The third-order valence-electron chi connectivity index (χ3n) is 3.59. The lowest BCUT2D eigenvalue weighted by molar-refractivity contribution is 0.0253. The van der Waals surface area contributed by atoms with E-state index in [9.17, 15) is 9.90 Å². The van der Waals surface area contributed by atoms with Crippen molar-refractivity contribution in [2.24, 2.45) is 5.92 Å². The predicted molar refractivity (Wildman–Crippen MR) is 70.6 cm³/mol. The number of pyridine rings is 1.